The van der Waals surface area contributed by atoms with Crippen LogP contribution < -0.4 is 0 Å². The Morgan fingerprint density at radius 1 is 0.440 bits per heavy atom. The average Bonchev–Trinajstić information content (AvgIpc) is 3.12. The van der Waals surface area contributed by atoms with Crippen molar-refractivity contribution < 1.29 is 33.6 Å². The third-order valence-corrected chi connectivity index (χ3v) is 9.76. The summed E-state index contributed by atoms with van der Waals surface area (Å²) in [5.74, 6) is -0.125. The Bertz CT molecular complexity index is 666. The van der Waals surface area contributed by atoms with Gasteiger partial charge >= 0.3 is 11.9 Å². The number of nitrogens with zero attached hydrogens (tertiary/aromatic N) is 1. The lowest BCUT2D eigenvalue weighted by atomic mass is 9.94. The summed E-state index contributed by atoms with van der Waals surface area (Å²) in [6.07, 6.45) is 27.9. The van der Waals surface area contributed by atoms with Crippen molar-refractivity contribution in [1.29, 1.82) is 0 Å². The van der Waals surface area contributed by atoms with Crippen LogP contribution in [0.2, 0.25) is 0 Å². The third kappa shape index (κ3) is 31.5. The van der Waals surface area contributed by atoms with Gasteiger partial charge in [-0.05, 0) is 25.7 Å². The van der Waals surface area contributed by atoms with Gasteiger partial charge in [-0.3, -0.25) is 14.5 Å². The first-order valence-corrected chi connectivity index (χ1v) is 21.4. The zero-order valence-electron chi connectivity index (χ0n) is 33.5. The minimum Gasteiger partial charge on any atom is -0.463 e. The number of carbonyl (C=O) groups excluding carboxylic acids is 2. The van der Waals surface area contributed by atoms with E-state index in [2.05, 4.69) is 32.6 Å². The minimum absolute atomic E-state index is 0.00341. The lowest BCUT2D eigenvalue weighted by Crippen LogP contribution is -2.34. The molecule has 0 aromatic rings. The Labute approximate surface area is 309 Å². The van der Waals surface area contributed by atoms with Crippen LogP contribution in [0.3, 0.4) is 0 Å². The summed E-state index contributed by atoms with van der Waals surface area (Å²) in [6, 6.07) is 0. The molecule has 0 saturated heterocycles. The summed E-state index contributed by atoms with van der Waals surface area (Å²) >= 11 is 0. The maximum Gasteiger partial charge on any atom is 0.309 e. The normalized spacial score (nSPS) is 12.8. The van der Waals surface area contributed by atoms with E-state index in [1.165, 1.54) is 103 Å². The second kappa shape index (κ2) is 39.0. The van der Waals surface area contributed by atoms with Gasteiger partial charge in [0.15, 0.2) is 0 Å². The van der Waals surface area contributed by atoms with Crippen LogP contribution in [0.5, 0.6) is 0 Å². The molecule has 50 heavy (non-hydrogen) atoms. The molecule has 2 atom stereocenters. The molecule has 0 heterocycles. The molecule has 0 spiro atoms. The van der Waals surface area contributed by atoms with Gasteiger partial charge in [0.1, 0.15) is 13.2 Å². The van der Waals surface area contributed by atoms with E-state index in [1.807, 2.05) is 0 Å². The van der Waals surface area contributed by atoms with Crippen LogP contribution in [0, 0.1) is 11.8 Å². The van der Waals surface area contributed by atoms with Crippen molar-refractivity contribution >= 4 is 11.9 Å². The second-order valence-electron chi connectivity index (χ2n) is 14.3. The van der Waals surface area contributed by atoms with E-state index in [9.17, 15) is 14.7 Å². The van der Waals surface area contributed by atoms with E-state index in [0.29, 0.717) is 46.1 Å². The Kier molecular flexibility index (Phi) is 38.0. The molecular weight excluding hydrogens is 630 g/mol. The fourth-order valence-electron chi connectivity index (χ4n) is 6.44. The predicted molar refractivity (Wildman–Crippen MR) is 208 cm³/mol. The number of ether oxygens (including phenoxy) is 4. The topological polar surface area (TPSA) is 94.5 Å². The van der Waals surface area contributed by atoms with E-state index in [-0.39, 0.29) is 43.6 Å². The maximum absolute atomic E-state index is 12.9. The van der Waals surface area contributed by atoms with Crippen molar-refractivity contribution in [1.82, 2.24) is 4.90 Å². The molecule has 0 aromatic carbocycles. The number of carbonyl (C=O) groups is 2. The number of aliphatic hydroxyl groups is 1. The van der Waals surface area contributed by atoms with Crippen molar-refractivity contribution in [2.75, 3.05) is 65.9 Å². The molecule has 0 aliphatic heterocycles. The lowest BCUT2D eigenvalue weighted by molar-refractivity contribution is -0.151. The highest BCUT2D eigenvalue weighted by atomic mass is 16.6. The fourth-order valence-corrected chi connectivity index (χ4v) is 6.44. The van der Waals surface area contributed by atoms with Crippen LogP contribution >= 0.6 is 0 Å². The Morgan fingerprint density at radius 3 is 1.10 bits per heavy atom. The third-order valence-electron chi connectivity index (χ3n) is 9.76. The standard InChI is InChI=1S/C42H83NO7/c1-5-9-13-17-19-23-27-39(25-21-15-11-7-3)41(45)49-37-35-47-33-30-43(29-32-44)31-34-48-36-38-50-42(46)40(26-22-16-12-8-4)28-24-20-18-14-10-6-2/h39-40,44H,5-38H2,1-4H3. The number of esters is 2. The van der Waals surface area contributed by atoms with Crippen LogP contribution in [-0.4, -0.2) is 87.8 Å². The smallest absolute Gasteiger partial charge is 0.309 e. The number of unbranched alkanes of at least 4 members (excludes halogenated alkanes) is 16. The van der Waals surface area contributed by atoms with Gasteiger partial charge in [0, 0.05) is 19.6 Å². The van der Waals surface area contributed by atoms with Crippen LogP contribution in [0.15, 0.2) is 0 Å². The molecule has 0 amide bonds. The van der Waals surface area contributed by atoms with E-state index in [4.69, 9.17) is 18.9 Å². The molecular formula is C42H83NO7. The first kappa shape index (κ1) is 48.8. The van der Waals surface area contributed by atoms with Gasteiger partial charge in [0.2, 0.25) is 0 Å². The Hall–Kier alpha value is -1.22. The molecule has 2 unspecified atom stereocenters. The summed E-state index contributed by atoms with van der Waals surface area (Å²) in [6.45, 7) is 13.1. The highest BCUT2D eigenvalue weighted by Crippen LogP contribution is 2.22. The zero-order chi connectivity index (χ0) is 36.8. The van der Waals surface area contributed by atoms with Crippen LogP contribution in [-0.2, 0) is 28.5 Å². The number of hydrogen-bond acceptors (Lipinski definition) is 8. The molecule has 0 aliphatic rings. The van der Waals surface area contributed by atoms with Gasteiger partial charge in [-0.1, -0.05) is 156 Å². The van der Waals surface area contributed by atoms with Crippen LogP contribution in [0.25, 0.3) is 0 Å². The minimum atomic E-state index is -0.0660. The van der Waals surface area contributed by atoms with Gasteiger partial charge in [-0.15, -0.1) is 0 Å². The van der Waals surface area contributed by atoms with Crippen molar-refractivity contribution in [3.63, 3.8) is 0 Å². The first-order valence-electron chi connectivity index (χ1n) is 21.4. The van der Waals surface area contributed by atoms with Gasteiger partial charge in [0.25, 0.3) is 0 Å². The molecule has 0 aromatic heterocycles. The summed E-state index contributed by atoms with van der Waals surface area (Å²) < 4.78 is 22.8. The van der Waals surface area contributed by atoms with E-state index < -0.39 is 0 Å². The number of aliphatic hydroxyl groups excluding tert-OH is 1. The first-order chi connectivity index (χ1) is 24.5. The SMILES string of the molecule is CCCCCCCCC(CCCCCC)C(=O)OCCOCCN(CCO)CCOCCOC(=O)C(CCCCCC)CCCCCCCC. The molecule has 0 saturated carbocycles. The van der Waals surface area contributed by atoms with E-state index >= 15 is 0 Å². The highest BCUT2D eigenvalue weighted by molar-refractivity contribution is 5.72. The summed E-state index contributed by atoms with van der Waals surface area (Å²) in [4.78, 5) is 27.8. The molecule has 0 radical (unpaired) electrons. The summed E-state index contributed by atoms with van der Waals surface area (Å²) in [5, 5.41) is 9.52. The van der Waals surface area contributed by atoms with Gasteiger partial charge in [-0.25, -0.2) is 0 Å². The largest absolute Gasteiger partial charge is 0.463 e. The molecule has 8 heteroatoms. The van der Waals surface area contributed by atoms with Crippen molar-refractivity contribution in [2.45, 2.75) is 182 Å². The van der Waals surface area contributed by atoms with Crippen molar-refractivity contribution in [3.8, 4) is 0 Å². The zero-order valence-corrected chi connectivity index (χ0v) is 33.5. The van der Waals surface area contributed by atoms with E-state index in [1.54, 1.807) is 0 Å². The number of rotatable bonds is 40. The van der Waals surface area contributed by atoms with E-state index in [0.717, 1.165) is 51.4 Å². The summed E-state index contributed by atoms with van der Waals surface area (Å²) in [7, 11) is 0. The van der Waals surface area contributed by atoms with Crippen molar-refractivity contribution in [3.05, 3.63) is 0 Å². The maximum atomic E-state index is 12.9. The van der Waals surface area contributed by atoms with Crippen LogP contribution in [0.1, 0.15) is 182 Å². The molecule has 298 valence electrons. The molecule has 1 N–H and O–H groups in total. The van der Waals surface area contributed by atoms with Gasteiger partial charge in [0.05, 0.1) is 44.9 Å². The Balaban J connectivity index is 4.29. The average molecular weight is 714 g/mol. The fraction of sp³-hybridized carbons (Fsp3) is 0.952. The van der Waals surface area contributed by atoms with Gasteiger partial charge in [-0.2, -0.15) is 0 Å². The van der Waals surface area contributed by atoms with Crippen molar-refractivity contribution in [2.24, 2.45) is 11.8 Å². The van der Waals surface area contributed by atoms with Crippen LogP contribution in [0.4, 0.5) is 0 Å². The molecule has 0 bridgehead atoms. The predicted octanol–water partition coefficient (Wildman–Crippen LogP) is 10.1. The summed E-state index contributed by atoms with van der Waals surface area (Å²) in [5.41, 5.74) is 0. The second-order valence-corrected chi connectivity index (χ2v) is 14.3. The van der Waals surface area contributed by atoms with Gasteiger partial charge < -0.3 is 24.1 Å². The molecule has 0 rings (SSSR count). The number of hydrogen-bond donors (Lipinski definition) is 1. The highest BCUT2D eigenvalue weighted by Gasteiger charge is 2.20. The quantitative estimate of drug-likeness (QED) is 0.0495. The molecule has 0 fully saturated rings. The lowest BCUT2D eigenvalue weighted by Gasteiger charge is -2.21. The Morgan fingerprint density at radius 2 is 0.760 bits per heavy atom. The molecule has 0 aliphatic carbocycles. The monoisotopic (exact) mass is 714 g/mol. The molecule has 8 nitrogen and oxygen atoms in total.